The van der Waals surface area contributed by atoms with Crippen LogP contribution in [0.2, 0.25) is 0 Å². The number of ether oxygens (including phenoxy) is 1. The maximum absolute atomic E-state index is 5.48. The van der Waals surface area contributed by atoms with E-state index in [9.17, 15) is 0 Å². The number of hydrogen-bond acceptors (Lipinski definition) is 3. The summed E-state index contributed by atoms with van der Waals surface area (Å²) in [4.78, 5) is 0. The third kappa shape index (κ3) is 1.76. The molecule has 0 amide bonds. The van der Waals surface area contributed by atoms with Crippen LogP contribution in [0.25, 0.3) is 0 Å². The highest BCUT2D eigenvalue weighted by Crippen LogP contribution is 2.26. The van der Waals surface area contributed by atoms with E-state index in [0.717, 1.165) is 18.8 Å². The van der Waals surface area contributed by atoms with E-state index in [2.05, 4.69) is 5.32 Å². The Morgan fingerprint density at radius 3 is 3.31 bits per heavy atom. The van der Waals surface area contributed by atoms with E-state index in [-0.39, 0.29) is 0 Å². The van der Waals surface area contributed by atoms with Crippen LogP contribution in [-0.2, 0) is 11.3 Å². The van der Waals surface area contributed by atoms with Crippen molar-refractivity contribution in [2.75, 3.05) is 20.2 Å². The fraction of sp³-hybridized carbons (Fsp3) is 0.600. The highest BCUT2D eigenvalue weighted by atomic mass is 16.5. The van der Waals surface area contributed by atoms with E-state index in [1.54, 1.807) is 13.4 Å². The molecule has 0 aliphatic carbocycles. The maximum Gasteiger partial charge on any atom is 0.113 e. The van der Waals surface area contributed by atoms with E-state index in [4.69, 9.17) is 9.15 Å². The molecule has 0 spiro atoms. The second-order valence-corrected chi connectivity index (χ2v) is 3.43. The second-order valence-electron chi connectivity index (χ2n) is 3.43. The second kappa shape index (κ2) is 3.94. The molecule has 1 saturated heterocycles. The first-order valence-corrected chi connectivity index (χ1v) is 4.67. The summed E-state index contributed by atoms with van der Waals surface area (Å²) in [6.07, 6.45) is 2.92. The molecule has 3 heteroatoms. The highest BCUT2D eigenvalue weighted by Gasteiger charge is 2.22. The lowest BCUT2D eigenvalue weighted by Gasteiger charge is -2.07. The summed E-state index contributed by atoms with van der Waals surface area (Å²) >= 11 is 0. The van der Waals surface area contributed by atoms with Crippen molar-refractivity contribution in [2.45, 2.75) is 18.9 Å². The molecule has 0 aromatic carbocycles. The zero-order valence-corrected chi connectivity index (χ0v) is 7.88. The van der Waals surface area contributed by atoms with Crippen LogP contribution in [0.5, 0.6) is 0 Å². The Morgan fingerprint density at radius 2 is 2.62 bits per heavy atom. The summed E-state index contributed by atoms with van der Waals surface area (Å²) in [5.74, 6) is 1.65. The first kappa shape index (κ1) is 8.78. The highest BCUT2D eigenvalue weighted by molar-refractivity contribution is 5.21. The van der Waals surface area contributed by atoms with Crippen LogP contribution in [0, 0.1) is 0 Å². The first-order valence-electron chi connectivity index (χ1n) is 4.67. The van der Waals surface area contributed by atoms with Gasteiger partial charge in [0, 0.05) is 25.1 Å². The molecule has 2 rings (SSSR count). The molecule has 1 fully saturated rings. The number of furan rings is 1. The van der Waals surface area contributed by atoms with Crippen molar-refractivity contribution in [1.82, 2.24) is 5.32 Å². The predicted molar refractivity (Wildman–Crippen MR) is 49.6 cm³/mol. The van der Waals surface area contributed by atoms with Gasteiger partial charge >= 0.3 is 0 Å². The van der Waals surface area contributed by atoms with Crippen molar-refractivity contribution in [3.8, 4) is 0 Å². The summed E-state index contributed by atoms with van der Waals surface area (Å²) in [5, 5.41) is 3.33. The zero-order chi connectivity index (χ0) is 9.10. The number of nitrogens with one attached hydrogen (secondary N) is 1. The predicted octanol–water partition coefficient (Wildman–Crippen LogP) is 1.50. The van der Waals surface area contributed by atoms with Crippen LogP contribution in [0.4, 0.5) is 0 Å². The summed E-state index contributed by atoms with van der Waals surface area (Å²) in [6, 6.07) is 2.00. The monoisotopic (exact) mass is 181 g/mol. The Labute approximate surface area is 78.1 Å². The SMILES string of the molecule is COCc1ccoc1C1CCNC1. The minimum Gasteiger partial charge on any atom is -0.469 e. The minimum absolute atomic E-state index is 0.542. The Morgan fingerprint density at radius 1 is 1.69 bits per heavy atom. The van der Waals surface area contributed by atoms with Crippen molar-refractivity contribution in [3.63, 3.8) is 0 Å². The zero-order valence-electron chi connectivity index (χ0n) is 7.88. The molecule has 2 heterocycles. The summed E-state index contributed by atoms with van der Waals surface area (Å²) in [5.41, 5.74) is 1.19. The van der Waals surface area contributed by atoms with Gasteiger partial charge in [0.15, 0.2) is 0 Å². The van der Waals surface area contributed by atoms with Crippen LogP contribution < -0.4 is 5.32 Å². The van der Waals surface area contributed by atoms with Gasteiger partial charge in [0.2, 0.25) is 0 Å². The lowest BCUT2D eigenvalue weighted by Crippen LogP contribution is -2.08. The van der Waals surface area contributed by atoms with Gasteiger partial charge < -0.3 is 14.5 Å². The Bertz CT molecular complexity index is 264. The van der Waals surface area contributed by atoms with Gasteiger partial charge in [-0.25, -0.2) is 0 Å². The molecule has 0 radical (unpaired) electrons. The summed E-state index contributed by atoms with van der Waals surface area (Å²) in [6.45, 7) is 2.78. The van der Waals surface area contributed by atoms with E-state index in [1.807, 2.05) is 6.07 Å². The standard InChI is InChI=1S/C10H15NO2/c1-12-7-9-3-5-13-10(9)8-2-4-11-6-8/h3,5,8,11H,2,4,6-7H2,1H3. The van der Waals surface area contributed by atoms with Crippen molar-refractivity contribution < 1.29 is 9.15 Å². The smallest absolute Gasteiger partial charge is 0.113 e. The average molecular weight is 181 g/mol. The van der Waals surface area contributed by atoms with E-state index >= 15 is 0 Å². The topological polar surface area (TPSA) is 34.4 Å². The average Bonchev–Trinajstić information content (AvgIpc) is 2.71. The minimum atomic E-state index is 0.542. The molecule has 1 aromatic rings. The molecule has 1 N–H and O–H groups in total. The lowest BCUT2D eigenvalue weighted by molar-refractivity contribution is 0.182. The maximum atomic E-state index is 5.48. The third-order valence-corrected chi connectivity index (χ3v) is 2.51. The van der Waals surface area contributed by atoms with Gasteiger partial charge in [0.25, 0.3) is 0 Å². The molecule has 0 saturated carbocycles. The van der Waals surface area contributed by atoms with Crippen LogP contribution in [0.15, 0.2) is 16.7 Å². The molecule has 1 unspecified atom stereocenters. The molecule has 13 heavy (non-hydrogen) atoms. The third-order valence-electron chi connectivity index (χ3n) is 2.51. The van der Waals surface area contributed by atoms with Crippen molar-refractivity contribution >= 4 is 0 Å². The van der Waals surface area contributed by atoms with Gasteiger partial charge in [-0.05, 0) is 19.0 Å². The quantitative estimate of drug-likeness (QED) is 0.767. The molecular formula is C10H15NO2. The summed E-state index contributed by atoms with van der Waals surface area (Å²) < 4.78 is 10.6. The Balaban J connectivity index is 2.13. The van der Waals surface area contributed by atoms with E-state index < -0.39 is 0 Å². The van der Waals surface area contributed by atoms with Crippen molar-refractivity contribution in [3.05, 3.63) is 23.7 Å². The van der Waals surface area contributed by atoms with Crippen molar-refractivity contribution in [1.29, 1.82) is 0 Å². The first-order chi connectivity index (χ1) is 6.42. The molecule has 72 valence electrons. The number of methoxy groups -OCH3 is 1. The fourth-order valence-corrected chi connectivity index (χ4v) is 1.86. The fourth-order valence-electron chi connectivity index (χ4n) is 1.86. The molecule has 0 bridgehead atoms. The Hall–Kier alpha value is -0.800. The van der Waals surface area contributed by atoms with Crippen LogP contribution in [0.3, 0.4) is 0 Å². The lowest BCUT2D eigenvalue weighted by atomic mass is 10.0. The number of rotatable bonds is 3. The molecule has 1 aromatic heterocycles. The van der Waals surface area contributed by atoms with Crippen molar-refractivity contribution in [2.24, 2.45) is 0 Å². The Kier molecular flexibility index (Phi) is 2.66. The van der Waals surface area contributed by atoms with E-state index in [0.29, 0.717) is 12.5 Å². The molecule has 3 nitrogen and oxygen atoms in total. The molecule has 1 aliphatic heterocycles. The van der Waals surface area contributed by atoms with E-state index in [1.165, 1.54) is 12.0 Å². The summed E-state index contributed by atoms with van der Waals surface area (Å²) in [7, 11) is 1.71. The van der Waals surface area contributed by atoms with Gasteiger partial charge in [-0.2, -0.15) is 0 Å². The van der Waals surface area contributed by atoms with Crippen LogP contribution in [0.1, 0.15) is 23.7 Å². The van der Waals surface area contributed by atoms with Gasteiger partial charge in [-0.3, -0.25) is 0 Å². The van der Waals surface area contributed by atoms with Gasteiger partial charge in [0.05, 0.1) is 12.9 Å². The van der Waals surface area contributed by atoms with Crippen LogP contribution in [-0.4, -0.2) is 20.2 Å². The van der Waals surface area contributed by atoms with Crippen LogP contribution >= 0.6 is 0 Å². The molecular weight excluding hydrogens is 166 g/mol. The molecule has 1 aliphatic rings. The normalized spacial score (nSPS) is 22.4. The van der Waals surface area contributed by atoms with Gasteiger partial charge in [-0.15, -0.1) is 0 Å². The number of hydrogen-bond donors (Lipinski definition) is 1. The molecule has 1 atom stereocenters. The van der Waals surface area contributed by atoms with Gasteiger partial charge in [-0.1, -0.05) is 0 Å². The van der Waals surface area contributed by atoms with Gasteiger partial charge in [0.1, 0.15) is 5.76 Å². The largest absolute Gasteiger partial charge is 0.469 e.